The monoisotopic (exact) mass is 317 g/mol. The van der Waals surface area contributed by atoms with Crippen molar-refractivity contribution in [3.63, 3.8) is 0 Å². The number of rotatable bonds is 3. The molecule has 0 saturated carbocycles. The molecule has 0 atom stereocenters. The predicted molar refractivity (Wildman–Crippen MR) is 97.5 cm³/mol. The third-order valence-electron chi connectivity index (χ3n) is 4.64. The number of nitrogens with zero attached hydrogens (tertiary/aromatic N) is 1. The lowest BCUT2D eigenvalue weighted by atomic mass is 9.97. The van der Waals surface area contributed by atoms with Gasteiger partial charge in [0.1, 0.15) is 5.75 Å². The number of benzene rings is 3. The minimum Gasteiger partial charge on any atom is -0.496 e. The molecule has 0 radical (unpaired) electrons. The molecule has 120 valence electrons. The van der Waals surface area contributed by atoms with Crippen molar-refractivity contribution in [3.05, 3.63) is 60.7 Å². The Labute approximate surface area is 141 Å². The third-order valence-corrected chi connectivity index (χ3v) is 4.64. The van der Waals surface area contributed by atoms with Crippen LogP contribution in [0.5, 0.6) is 5.75 Å². The van der Waals surface area contributed by atoms with E-state index in [0.29, 0.717) is 6.42 Å². The molecule has 24 heavy (non-hydrogen) atoms. The number of ether oxygens (including phenoxy) is 1. The van der Waals surface area contributed by atoms with Gasteiger partial charge >= 0.3 is 0 Å². The molecule has 0 aromatic heterocycles. The van der Waals surface area contributed by atoms with E-state index < -0.39 is 0 Å². The summed E-state index contributed by atoms with van der Waals surface area (Å²) in [5.74, 6) is 1.02. The quantitative estimate of drug-likeness (QED) is 0.704. The second-order valence-electron chi connectivity index (χ2n) is 6.03. The lowest BCUT2D eigenvalue weighted by Gasteiger charge is -2.23. The zero-order valence-corrected chi connectivity index (χ0v) is 13.7. The van der Waals surface area contributed by atoms with Crippen molar-refractivity contribution in [3.8, 4) is 16.9 Å². The molecule has 1 aliphatic heterocycles. The van der Waals surface area contributed by atoms with Gasteiger partial charge in [0.25, 0.3) is 0 Å². The van der Waals surface area contributed by atoms with Crippen LogP contribution in [0, 0.1) is 0 Å². The molecular weight excluding hydrogens is 298 g/mol. The molecule has 1 fully saturated rings. The molecule has 3 aromatic rings. The van der Waals surface area contributed by atoms with Gasteiger partial charge in [0.05, 0.1) is 12.8 Å². The Morgan fingerprint density at radius 3 is 2.50 bits per heavy atom. The van der Waals surface area contributed by atoms with Crippen molar-refractivity contribution in [2.45, 2.75) is 12.8 Å². The fraction of sp³-hybridized carbons (Fsp3) is 0.190. The number of anilines is 1. The zero-order chi connectivity index (χ0) is 16.5. The first-order chi connectivity index (χ1) is 11.8. The van der Waals surface area contributed by atoms with Crippen LogP contribution in [0.15, 0.2) is 60.7 Å². The Morgan fingerprint density at radius 2 is 1.71 bits per heavy atom. The molecule has 1 heterocycles. The van der Waals surface area contributed by atoms with Crippen molar-refractivity contribution < 1.29 is 9.53 Å². The Hall–Kier alpha value is -2.81. The lowest BCUT2D eigenvalue weighted by molar-refractivity contribution is -0.117. The van der Waals surface area contributed by atoms with Gasteiger partial charge < -0.3 is 9.64 Å². The maximum atomic E-state index is 12.5. The van der Waals surface area contributed by atoms with Crippen LogP contribution in [-0.4, -0.2) is 19.6 Å². The van der Waals surface area contributed by atoms with Crippen LogP contribution < -0.4 is 9.64 Å². The first kappa shape index (κ1) is 14.8. The Balaban J connectivity index is 2.03. The summed E-state index contributed by atoms with van der Waals surface area (Å²) in [5, 5.41) is 2.25. The summed E-state index contributed by atoms with van der Waals surface area (Å²) in [6, 6.07) is 20.4. The van der Waals surface area contributed by atoms with Gasteiger partial charge in [-0.25, -0.2) is 0 Å². The highest BCUT2D eigenvalue weighted by molar-refractivity contribution is 6.10. The van der Waals surface area contributed by atoms with Gasteiger partial charge in [-0.1, -0.05) is 54.6 Å². The number of hydrogen-bond acceptors (Lipinski definition) is 2. The highest BCUT2D eigenvalue weighted by atomic mass is 16.5. The minimum absolute atomic E-state index is 0.197. The van der Waals surface area contributed by atoms with Crippen molar-refractivity contribution in [2.24, 2.45) is 0 Å². The molecule has 0 bridgehead atoms. The summed E-state index contributed by atoms with van der Waals surface area (Å²) in [6.45, 7) is 0.773. The minimum atomic E-state index is 0.197. The summed E-state index contributed by atoms with van der Waals surface area (Å²) >= 11 is 0. The summed E-state index contributed by atoms with van der Waals surface area (Å²) in [7, 11) is 1.68. The topological polar surface area (TPSA) is 29.5 Å². The third kappa shape index (κ3) is 2.33. The molecule has 0 spiro atoms. The van der Waals surface area contributed by atoms with E-state index in [-0.39, 0.29) is 5.91 Å². The molecule has 4 rings (SSSR count). The smallest absolute Gasteiger partial charge is 0.227 e. The van der Waals surface area contributed by atoms with E-state index in [1.54, 1.807) is 7.11 Å². The van der Waals surface area contributed by atoms with Crippen LogP contribution >= 0.6 is 0 Å². The van der Waals surface area contributed by atoms with Crippen LogP contribution in [0.3, 0.4) is 0 Å². The second-order valence-corrected chi connectivity index (χ2v) is 6.03. The van der Waals surface area contributed by atoms with Crippen molar-refractivity contribution in [1.29, 1.82) is 0 Å². The van der Waals surface area contributed by atoms with E-state index in [1.165, 1.54) is 0 Å². The van der Waals surface area contributed by atoms with Crippen LogP contribution in [0.4, 0.5) is 5.69 Å². The molecule has 1 amide bonds. The van der Waals surface area contributed by atoms with E-state index in [2.05, 4.69) is 24.3 Å². The van der Waals surface area contributed by atoms with E-state index in [4.69, 9.17) is 4.74 Å². The van der Waals surface area contributed by atoms with Gasteiger partial charge in [-0.3, -0.25) is 4.79 Å². The highest BCUT2D eigenvalue weighted by Crippen LogP contribution is 2.42. The van der Waals surface area contributed by atoms with E-state index in [1.807, 2.05) is 41.3 Å². The second kappa shape index (κ2) is 6.00. The SMILES string of the molecule is COc1ccccc1-c1ccc2ccccc2c1N1CCCC1=O. The number of hydrogen-bond donors (Lipinski definition) is 0. The Bertz CT molecular complexity index is 917. The summed E-state index contributed by atoms with van der Waals surface area (Å²) in [5.41, 5.74) is 3.06. The molecule has 3 nitrogen and oxygen atoms in total. The molecule has 3 aromatic carbocycles. The van der Waals surface area contributed by atoms with Gasteiger partial charge in [-0.15, -0.1) is 0 Å². The van der Waals surface area contributed by atoms with Gasteiger partial charge in [-0.05, 0) is 17.9 Å². The van der Waals surface area contributed by atoms with E-state index in [0.717, 1.165) is 46.3 Å². The number of fused-ring (bicyclic) bond motifs is 1. The summed E-state index contributed by atoms with van der Waals surface area (Å²) in [4.78, 5) is 14.4. The van der Waals surface area contributed by atoms with Gasteiger partial charge in [-0.2, -0.15) is 0 Å². The number of methoxy groups -OCH3 is 1. The Morgan fingerprint density at radius 1 is 0.917 bits per heavy atom. The molecule has 0 N–H and O–H groups in total. The zero-order valence-electron chi connectivity index (χ0n) is 13.7. The maximum Gasteiger partial charge on any atom is 0.227 e. The predicted octanol–water partition coefficient (Wildman–Crippen LogP) is 4.64. The lowest BCUT2D eigenvalue weighted by Crippen LogP contribution is -2.24. The average molecular weight is 317 g/mol. The van der Waals surface area contributed by atoms with E-state index >= 15 is 0 Å². The first-order valence-electron chi connectivity index (χ1n) is 8.25. The molecule has 0 aliphatic carbocycles. The number of carbonyl (C=O) groups is 1. The Kier molecular flexibility index (Phi) is 3.69. The van der Waals surface area contributed by atoms with Crippen molar-refractivity contribution >= 4 is 22.4 Å². The normalized spacial score (nSPS) is 14.4. The molecule has 3 heteroatoms. The van der Waals surface area contributed by atoms with Gasteiger partial charge in [0.2, 0.25) is 5.91 Å². The van der Waals surface area contributed by atoms with Crippen LogP contribution in [0.25, 0.3) is 21.9 Å². The average Bonchev–Trinajstić information content (AvgIpc) is 3.06. The first-order valence-corrected chi connectivity index (χ1v) is 8.25. The van der Waals surface area contributed by atoms with Gasteiger partial charge in [0.15, 0.2) is 0 Å². The summed E-state index contributed by atoms with van der Waals surface area (Å²) in [6.07, 6.45) is 1.53. The van der Waals surface area contributed by atoms with Crippen LogP contribution in [0.2, 0.25) is 0 Å². The molecular formula is C21H19NO2. The van der Waals surface area contributed by atoms with E-state index in [9.17, 15) is 4.79 Å². The molecule has 1 aliphatic rings. The maximum absolute atomic E-state index is 12.5. The van der Waals surface area contributed by atoms with Crippen LogP contribution in [0.1, 0.15) is 12.8 Å². The summed E-state index contributed by atoms with van der Waals surface area (Å²) < 4.78 is 5.55. The number of para-hydroxylation sites is 1. The fourth-order valence-corrected chi connectivity index (χ4v) is 3.51. The van der Waals surface area contributed by atoms with Crippen molar-refractivity contribution in [1.82, 2.24) is 0 Å². The van der Waals surface area contributed by atoms with Crippen LogP contribution in [-0.2, 0) is 4.79 Å². The number of carbonyl (C=O) groups excluding carboxylic acids is 1. The van der Waals surface area contributed by atoms with Crippen molar-refractivity contribution in [2.75, 3.05) is 18.6 Å². The largest absolute Gasteiger partial charge is 0.496 e. The fourth-order valence-electron chi connectivity index (χ4n) is 3.51. The van der Waals surface area contributed by atoms with Gasteiger partial charge in [0, 0.05) is 29.5 Å². The highest BCUT2D eigenvalue weighted by Gasteiger charge is 2.26. The molecule has 0 unspecified atom stereocenters. The number of amides is 1. The molecule has 1 saturated heterocycles. The standard InChI is InChI=1S/C21H19NO2/c1-24-19-10-5-4-9-17(19)18-13-12-15-7-2-3-8-16(15)21(18)22-14-6-11-20(22)23/h2-5,7-10,12-13H,6,11,14H2,1H3.